The van der Waals surface area contributed by atoms with Crippen molar-refractivity contribution in [1.82, 2.24) is 0 Å². The molecule has 0 spiro atoms. The monoisotopic (exact) mass is 132 g/mol. The van der Waals surface area contributed by atoms with Gasteiger partial charge in [0.1, 0.15) is 0 Å². The number of rotatable bonds is 3. The highest BCUT2D eigenvalue weighted by molar-refractivity contribution is 8.13. The van der Waals surface area contributed by atoms with Crippen LogP contribution in [0.25, 0.3) is 0 Å². The maximum absolute atomic E-state index is 10.0. The molecule has 46 valence electrons. The van der Waals surface area contributed by atoms with Crippen molar-refractivity contribution in [3.8, 4) is 0 Å². The Kier molecular flexibility index (Phi) is 3.78. The predicted octanol–water partition coefficient (Wildman–Crippen LogP) is 1.58. The molecule has 0 aromatic carbocycles. The van der Waals surface area contributed by atoms with Gasteiger partial charge in [-0.05, 0) is 0 Å². The lowest BCUT2D eigenvalue weighted by molar-refractivity contribution is 0.219. The summed E-state index contributed by atoms with van der Waals surface area (Å²) in [5, 5.41) is 8.24. The Morgan fingerprint density at radius 3 is 2.50 bits per heavy atom. The Labute approximate surface area is 54.7 Å². The van der Waals surface area contributed by atoms with Crippen molar-refractivity contribution in [3.05, 3.63) is 0 Å². The number of carbonyl (C=O) groups is 1. The fraction of sp³-hybridized carbons (Fsp3) is 0.750. The minimum atomic E-state index is -0.824. The van der Waals surface area contributed by atoms with Gasteiger partial charge in [-0.1, -0.05) is 19.7 Å². The molecule has 0 heterocycles. The van der Waals surface area contributed by atoms with E-state index in [2.05, 4.69) is 12.5 Å². The van der Waals surface area contributed by atoms with Crippen LogP contribution in [-0.4, -0.2) is 17.0 Å². The molecule has 0 amide bonds. The molecule has 0 fully saturated rings. The molecule has 0 aromatic heterocycles. The van der Waals surface area contributed by atoms with E-state index >= 15 is 0 Å². The number of carboxylic acid groups (broad SMARTS) is 1. The Morgan fingerprint density at radius 1 is 1.88 bits per heavy atom. The molecular weight excluding hydrogens is 123 g/mol. The zero-order valence-corrected chi connectivity index (χ0v) is 5.69. The first kappa shape index (κ1) is 7.88. The Balaban J connectivity index is 3.32. The van der Waals surface area contributed by atoms with E-state index in [4.69, 9.17) is 5.11 Å². The molecule has 0 radical (unpaired) electrons. The van der Waals surface area contributed by atoms with Crippen LogP contribution in [0, 0.1) is 0 Å². The van der Waals surface area contributed by atoms with Crippen LogP contribution in [0.5, 0.6) is 0 Å². The van der Waals surface area contributed by atoms with Crippen LogP contribution in [0.2, 0.25) is 6.32 Å². The van der Waals surface area contributed by atoms with Crippen LogP contribution >= 0.6 is 12.5 Å². The van der Waals surface area contributed by atoms with Crippen LogP contribution in [-0.2, 0) is 0 Å². The molecule has 0 saturated heterocycles. The maximum Gasteiger partial charge on any atom is 0.338 e. The molecule has 0 aromatic rings. The summed E-state index contributed by atoms with van der Waals surface area (Å²) in [5.74, 6) is -1.30. The molecule has 0 aliphatic rings. The first-order valence-corrected chi connectivity index (χ1v) is 3.11. The topological polar surface area (TPSA) is 37.3 Å². The summed E-state index contributed by atoms with van der Waals surface area (Å²) in [4.78, 5) is 10.0. The average Bonchev–Trinajstić information content (AvgIpc) is 1.67. The van der Waals surface area contributed by atoms with E-state index in [0.29, 0.717) is 6.32 Å². The molecule has 2 nitrogen and oxygen atoms in total. The Bertz CT molecular complexity index is 86.1. The summed E-state index contributed by atoms with van der Waals surface area (Å²) in [6.45, 7) is 1.94. The number of hydrogen-bond acceptors (Lipinski definition) is 2. The molecule has 0 bridgehead atoms. The van der Waals surface area contributed by atoms with Crippen molar-refractivity contribution >= 4 is 24.3 Å². The van der Waals surface area contributed by atoms with Gasteiger partial charge in [-0.2, -0.15) is 0 Å². The third kappa shape index (κ3) is 2.96. The van der Waals surface area contributed by atoms with Crippen LogP contribution in [0.4, 0.5) is 4.79 Å². The maximum atomic E-state index is 10.0. The van der Waals surface area contributed by atoms with Crippen molar-refractivity contribution in [2.24, 2.45) is 0 Å². The molecule has 0 unspecified atom stereocenters. The summed E-state index contributed by atoms with van der Waals surface area (Å²) < 4.78 is 0. The molecule has 0 aliphatic carbocycles. The van der Waals surface area contributed by atoms with Crippen molar-refractivity contribution in [2.45, 2.75) is 19.7 Å². The quantitative estimate of drug-likeness (QED) is 0.451. The van der Waals surface area contributed by atoms with Crippen molar-refractivity contribution in [1.29, 1.82) is 0 Å². The molecular formula is C4H9BO2S. The van der Waals surface area contributed by atoms with E-state index < -0.39 is 11.9 Å². The van der Waals surface area contributed by atoms with Crippen molar-refractivity contribution in [3.63, 3.8) is 0 Å². The molecule has 8 heavy (non-hydrogen) atoms. The molecule has 0 atom stereocenters. The van der Waals surface area contributed by atoms with Gasteiger partial charge in [0.05, 0.1) is 0 Å². The summed E-state index contributed by atoms with van der Waals surface area (Å²) in [5.41, 5.74) is 0. The van der Waals surface area contributed by atoms with E-state index in [1.807, 2.05) is 6.92 Å². The van der Waals surface area contributed by atoms with Crippen LogP contribution in [0.3, 0.4) is 0 Å². The third-order valence-electron chi connectivity index (χ3n) is 0.847. The molecule has 0 aliphatic heterocycles. The standard InChI is InChI=1S/C4H9BO2S/c1-2-3-5(8)4(6)7/h8H,2-3H2,1H3,(H,6,7). The highest BCUT2D eigenvalue weighted by atomic mass is 32.1. The summed E-state index contributed by atoms with van der Waals surface area (Å²) in [7, 11) is 0. The first-order chi connectivity index (χ1) is 3.68. The summed E-state index contributed by atoms with van der Waals surface area (Å²) >= 11 is 3.81. The Morgan fingerprint density at radius 2 is 2.38 bits per heavy atom. The van der Waals surface area contributed by atoms with Crippen LogP contribution in [0.1, 0.15) is 13.3 Å². The largest absolute Gasteiger partial charge is 0.488 e. The van der Waals surface area contributed by atoms with E-state index in [-0.39, 0.29) is 0 Å². The van der Waals surface area contributed by atoms with Crippen LogP contribution in [0.15, 0.2) is 0 Å². The van der Waals surface area contributed by atoms with E-state index in [0.717, 1.165) is 6.42 Å². The van der Waals surface area contributed by atoms with Gasteiger partial charge in [0.15, 0.2) is 0 Å². The lowest BCUT2D eigenvalue weighted by Gasteiger charge is -1.94. The van der Waals surface area contributed by atoms with Crippen LogP contribution < -0.4 is 0 Å². The Hall–Kier alpha value is -0.115. The molecule has 0 rings (SSSR count). The molecule has 0 saturated carbocycles. The highest BCUT2D eigenvalue weighted by Gasteiger charge is 2.15. The summed E-state index contributed by atoms with van der Waals surface area (Å²) in [6.07, 6.45) is 1.53. The van der Waals surface area contributed by atoms with Crippen molar-refractivity contribution in [2.75, 3.05) is 0 Å². The van der Waals surface area contributed by atoms with Gasteiger partial charge >= 0.3 is 5.99 Å². The average molecular weight is 132 g/mol. The number of hydrogen-bond donors (Lipinski definition) is 2. The molecule has 1 N–H and O–H groups in total. The van der Waals surface area contributed by atoms with Crippen molar-refractivity contribution < 1.29 is 9.90 Å². The van der Waals surface area contributed by atoms with Gasteiger partial charge in [-0.15, -0.1) is 0 Å². The second-order valence-electron chi connectivity index (χ2n) is 1.64. The number of thiol groups is 1. The zero-order valence-electron chi connectivity index (χ0n) is 4.79. The molecule has 4 heteroatoms. The lowest BCUT2D eigenvalue weighted by Crippen LogP contribution is -2.15. The van der Waals surface area contributed by atoms with E-state index in [1.165, 1.54) is 0 Å². The van der Waals surface area contributed by atoms with Gasteiger partial charge in [-0.25, -0.2) is 12.5 Å². The SMILES string of the molecule is CCCB(S)C(=O)O. The minimum Gasteiger partial charge on any atom is -0.488 e. The van der Waals surface area contributed by atoms with E-state index in [9.17, 15) is 4.79 Å². The highest BCUT2D eigenvalue weighted by Crippen LogP contribution is 2.00. The lowest BCUT2D eigenvalue weighted by atomic mass is 9.71. The van der Waals surface area contributed by atoms with Gasteiger partial charge < -0.3 is 5.11 Å². The minimum absolute atomic E-state index is 0.472. The van der Waals surface area contributed by atoms with Gasteiger partial charge in [0, 0.05) is 0 Å². The normalized spacial score (nSPS) is 8.75. The smallest absolute Gasteiger partial charge is 0.338 e. The second kappa shape index (κ2) is 3.84. The van der Waals surface area contributed by atoms with Gasteiger partial charge in [0.25, 0.3) is 5.87 Å². The first-order valence-electron chi connectivity index (χ1n) is 2.59. The summed E-state index contributed by atoms with van der Waals surface area (Å²) in [6, 6.07) is 0. The fourth-order valence-electron chi connectivity index (χ4n) is 0.397. The third-order valence-corrected chi connectivity index (χ3v) is 1.33. The van der Waals surface area contributed by atoms with Gasteiger partial charge in [0.2, 0.25) is 0 Å². The predicted molar refractivity (Wildman–Crippen MR) is 37.9 cm³/mol. The second-order valence-corrected chi connectivity index (χ2v) is 2.27. The zero-order chi connectivity index (χ0) is 6.57. The fourth-order valence-corrected chi connectivity index (χ4v) is 0.655. The van der Waals surface area contributed by atoms with E-state index in [1.54, 1.807) is 0 Å². The van der Waals surface area contributed by atoms with Gasteiger partial charge in [-0.3, -0.25) is 4.79 Å².